The third kappa shape index (κ3) is 3.55. The molecule has 0 spiro atoms. The van der Waals surface area contributed by atoms with Crippen LogP contribution >= 0.6 is 11.6 Å². The predicted molar refractivity (Wildman–Crippen MR) is 85.0 cm³/mol. The summed E-state index contributed by atoms with van der Waals surface area (Å²) < 4.78 is 0. The number of halogens is 1. The molecule has 0 bridgehead atoms. The Labute approximate surface area is 127 Å². The Bertz CT molecular complexity index is 452. The van der Waals surface area contributed by atoms with Crippen LogP contribution in [0.5, 0.6) is 0 Å². The minimum absolute atomic E-state index is 0.355. The third-order valence-electron chi connectivity index (χ3n) is 4.63. The molecule has 0 saturated heterocycles. The molecule has 2 nitrogen and oxygen atoms in total. The SMILES string of the molecule is Cc1cc(Cl)ccc1C(CN)N(CC1CC1)CC1CC1. The van der Waals surface area contributed by atoms with Gasteiger partial charge in [-0.25, -0.2) is 0 Å². The van der Waals surface area contributed by atoms with E-state index in [-0.39, 0.29) is 0 Å². The number of benzene rings is 1. The smallest absolute Gasteiger partial charge is 0.0473 e. The summed E-state index contributed by atoms with van der Waals surface area (Å²) in [7, 11) is 0. The second-order valence-electron chi connectivity index (χ2n) is 6.59. The van der Waals surface area contributed by atoms with Gasteiger partial charge in [-0.3, -0.25) is 4.90 Å². The molecule has 0 amide bonds. The van der Waals surface area contributed by atoms with Crippen LogP contribution in [-0.4, -0.2) is 24.5 Å². The molecule has 110 valence electrons. The fourth-order valence-corrected chi connectivity index (χ4v) is 3.31. The van der Waals surface area contributed by atoms with Crippen molar-refractivity contribution in [3.63, 3.8) is 0 Å². The molecule has 2 aliphatic carbocycles. The summed E-state index contributed by atoms with van der Waals surface area (Å²) in [6.45, 7) is 5.29. The van der Waals surface area contributed by atoms with Crippen molar-refractivity contribution in [2.24, 2.45) is 17.6 Å². The maximum absolute atomic E-state index is 6.13. The number of hydrogen-bond acceptors (Lipinski definition) is 2. The second kappa shape index (κ2) is 6.05. The Morgan fingerprint density at radius 1 is 1.20 bits per heavy atom. The molecule has 0 radical (unpaired) electrons. The molecular formula is C17H25ClN2. The molecule has 2 aliphatic rings. The largest absolute Gasteiger partial charge is 0.329 e. The highest BCUT2D eigenvalue weighted by Gasteiger charge is 2.33. The Morgan fingerprint density at radius 2 is 1.80 bits per heavy atom. The van der Waals surface area contributed by atoms with Crippen LogP contribution in [0.1, 0.15) is 42.9 Å². The van der Waals surface area contributed by atoms with Gasteiger partial charge >= 0.3 is 0 Å². The lowest BCUT2D eigenvalue weighted by Gasteiger charge is -2.32. The van der Waals surface area contributed by atoms with Gasteiger partial charge in [-0.05, 0) is 67.7 Å². The topological polar surface area (TPSA) is 29.3 Å². The molecule has 1 aromatic carbocycles. The Balaban J connectivity index is 1.79. The quantitative estimate of drug-likeness (QED) is 0.829. The van der Waals surface area contributed by atoms with Crippen molar-refractivity contribution < 1.29 is 0 Å². The van der Waals surface area contributed by atoms with E-state index in [9.17, 15) is 0 Å². The zero-order chi connectivity index (χ0) is 14.1. The lowest BCUT2D eigenvalue weighted by atomic mass is 9.99. The average Bonchev–Trinajstić information content (AvgIpc) is 3.28. The van der Waals surface area contributed by atoms with Gasteiger partial charge in [0.1, 0.15) is 0 Å². The van der Waals surface area contributed by atoms with Crippen LogP contribution in [0.4, 0.5) is 0 Å². The summed E-state index contributed by atoms with van der Waals surface area (Å²) in [5.74, 6) is 1.82. The van der Waals surface area contributed by atoms with Crippen molar-refractivity contribution in [1.82, 2.24) is 4.90 Å². The Hall–Kier alpha value is -0.570. The number of rotatable bonds is 7. The highest BCUT2D eigenvalue weighted by atomic mass is 35.5. The first-order chi connectivity index (χ1) is 9.67. The molecule has 0 aliphatic heterocycles. The van der Waals surface area contributed by atoms with Gasteiger partial charge in [-0.15, -0.1) is 0 Å². The van der Waals surface area contributed by atoms with Crippen molar-refractivity contribution in [2.45, 2.75) is 38.6 Å². The zero-order valence-electron chi connectivity index (χ0n) is 12.3. The molecule has 2 N–H and O–H groups in total. The molecule has 3 heteroatoms. The van der Waals surface area contributed by atoms with E-state index in [0.29, 0.717) is 12.6 Å². The van der Waals surface area contributed by atoms with Crippen molar-refractivity contribution in [1.29, 1.82) is 0 Å². The van der Waals surface area contributed by atoms with Crippen LogP contribution in [0.2, 0.25) is 5.02 Å². The Morgan fingerprint density at radius 3 is 2.25 bits per heavy atom. The van der Waals surface area contributed by atoms with Crippen molar-refractivity contribution in [3.8, 4) is 0 Å². The fourth-order valence-electron chi connectivity index (χ4n) is 3.08. The summed E-state index contributed by atoms with van der Waals surface area (Å²) >= 11 is 6.09. The molecular weight excluding hydrogens is 268 g/mol. The number of aryl methyl sites for hydroxylation is 1. The minimum Gasteiger partial charge on any atom is -0.329 e. The third-order valence-corrected chi connectivity index (χ3v) is 4.87. The van der Waals surface area contributed by atoms with E-state index in [4.69, 9.17) is 17.3 Å². The standard InChI is InChI=1S/C17H25ClN2/c1-12-8-15(18)6-7-16(12)17(9-19)20(10-13-2-3-13)11-14-4-5-14/h6-8,13-14,17H,2-5,9-11,19H2,1H3. The van der Waals surface area contributed by atoms with E-state index in [1.54, 1.807) is 0 Å². The van der Waals surface area contributed by atoms with Crippen LogP contribution in [0.3, 0.4) is 0 Å². The molecule has 1 aromatic rings. The van der Waals surface area contributed by atoms with Gasteiger partial charge in [0.05, 0.1) is 0 Å². The maximum atomic E-state index is 6.13. The van der Waals surface area contributed by atoms with E-state index in [1.807, 2.05) is 6.07 Å². The maximum Gasteiger partial charge on any atom is 0.0473 e. The lowest BCUT2D eigenvalue weighted by molar-refractivity contribution is 0.184. The van der Waals surface area contributed by atoms with Gasteiger partial charge in [-0.1, -0.05) is 17.7 Å². The van der Waals surface area contributed by atoms with Crippen molar-refractivity contribution in [3.05, 3.63) is 34.3 Å². The van der Waals surface area contributed by atoms with Crippen LogP contribution in [0.15, 0.2) is 18.2 Å². The molecule has 0 heterocycles. The molecule has 1 atom stereocenters. The normalized spacial score (nSPS) is 20.4. The molecule has 2 fully saturated rings. The van der Waals surface area contributed by atoms with E-state index in [2.05, 4.69) is 24.0 Å². The van der Waals surface area contributed by atoms with Gasteiger partial charge in [0.2, 0.25) is 0 Å². The molecule has 2 saturated carbocycles. The van der Waals surface area contributed by atoms with E-state index < -0.39 is 0 Å². The predicted octanol–water partition coefficient (Wildman–Crippen LogP) is 3.77. The number of nitrogens with two attached hydrogens (primary N) is 1. The average molecular weight is 293 g/mol. The van der Waals surface area contributed by atoms with Gasteiger partial charge in [-0.2, -0.15) is 0 Å². The van der Waals surface area contributed by atoms with Gasteiger partial charge < -0.3 is 5.73 Å². The summed E-state index contributed by atoms with van der Waals surface area (Å²) in [5.41, 5.74) is 8.76. The first-order valence-electron chi connectivity index (χ1n) is 7.87. The van der Waals surface area contributed by atoms with Crippen LogP contribution in [0, 0.1) is 18.8 Å². The van der Waals surface area contributed by atoms with Crippen LogP contribution in [0.25, 0.3) is 0 Å². The summed E-state index contributed by atoms with van der Waals surface area (Å²) in [6.07, 6.45) is 5.60. The van der Waals surface area contributed by atoms with Crippen LogP contribution < -0.4 is 5.73 Å². The second-order valence-corrected chi connectivity index (χ2v) is 7.03. The fraction of sp³-hybridized carbons (Fsp3) is 0.647. The molecule has 1 unspecified atom stereocenters. The van der Waals surface area contributed by atoms with Gasteiger partial charge in [0, 0.05) is 30.7 Å². The first-order valence-corrected chi connectivity index (χ1v) is 8.25. The number of hydrogen-bond donors (Lipinski definition) is 1. The lowest BCUT2D eigenvalue weighted by Crippen LogP contribution is -2.37. The summed E-state index contributed by atoms with van der Waals surface area (Å²) in [5, 5.41) is 0.818. The molecule has 20 heavy (non-hydrogen) atoms. The van der Waals surface area contributed by atoms with E-state index in [1.165, 1.54) is 49.9 Å². The van der Waals surface area contributed by atoms with E-state index >= 15 is 0 Å². The highest BCUT2D eigenvalue weighted by molar-refractivity contribution is 6.30. The first kappa shape index (κ1) is 14.4. The Kier molecular flexibility index (Phi) is 4.34. The highest BCUT2D eigenvalue weighted by Crippen LogP contribution is 2.37. The van der Waals surface area contributed by atoms with Gasteiger partial charge in [0.15, 0.2) is 0 Å². The monoisotopic (exact) mass is 292 g/mol. The molecule has 0 aromatic heterocycles. The minimum atomic E-state index is 0.355. The zero-order valence-corrected chi connectivity index (χ0v) is 13.1. The van der Waals surface area contributed by atoms with Crippen LogP contribution in [-0.2, 0) is 0 Å². The number of nitrogens with zero attached hydrogens (tertiary/aromatic N) is 1. The van der Waals surface area contributed by atoms with E-state index in [0.717, 1.165) is 16.9 Å². The molecule has 3 rings (SSSR count). The van der Waals surface area contributed by atoms with Gasteiger partial charge in [0.25, 0.3) is 0 Å². The van der Waals surface area contributed by atoms with Crippen molar-refractivity contribution >= 4 is 11.6 Å². The summed E-state index contributed by atoms with van der Waals surface area (Å²) in [6, 6.07) is 6.58. The summed E-state index contributed by atoms with van der Waals surface area (Å²) in [4.78, 5) is 2.64. The van der Waals surface area contributed by atoms with Crippen molar-refractivity contribution in [2.75, 3.05) is 19.6 Å².